The molecule has 0 aliphatic heterocycles. The molecule has 5 nitrogen and oxygen atoms in total. The van der Waals surface area contributed by atoms with Crippen molar-refractivity contribution in [3.05, 3.63) is 0 Å². The van der Waals surface area contributed by atoms with Crippen LogP contribution in [0.5, 0.6) is 0 Å². The zero-order chi connectivity index (χ0) is 12.8. The van der Waals surface area contributed by atoms with Crippen molar-refractivity contribution in [2.75, 3.05) is 20.1 Å². The fourth-order valence-electron chi connectivity index (χ4n) is 2.40. The first-order valence-corrected chi connectivity index (χ1v) is 6.28. The quantitative estimate of drug-likeness (QED) is 0.768. The summed E-state index contributed by atoms with van der Waals surface area (Å²) in [6.07, 6.45) is 3.50. The summed E-state index contributed by atoms with van der Waals surface area (Å²) in [4.78, 5) is 24.2. The number of carboxylic acids is 1. The molecule has 1 aliphatic rings. The lowest BCUT2D eigenvalue weighted by atomic mass is 9.96. The Labute approximate surface area is 102 Å². The highest BCUT2D eigenvalue weighted by Gasteiger charge is 2.32. The number of carboxylic acid groups (broad SMARTS) is 1. The van der Waals surface area contributed by atoms with E-state index < -0.39 is 5.97 Å². The highest BCUT2D eigenvalue weighted by molar-refractivity contribution is 5.74. The molecule has 2 unspecified atom stereocenters. The second-order valence-corrected chi connectivity index (χ2v) is 4.74. The second-order valence-electron chi connectivity index (χ2n) is 4.74. The van der Waals surface area contributed by atoms with Gasteiger partial charge >= 0.3 is 12.0 Å². The summed E-state index contributed by atoms with van der Waals surface area (Å²) in [5.74, 6) is -0.929. The number of nitrogens with one attached hydrogen (secondary N) is 1. The average Bonchev–Trinajstić information content (AvgIpc) is 2.74. The summed E-state index contributed by atoms with van der Waals surface area (Å²) in [5, 5.41) is 11.8. The van der Waals surface area contributed by atoms with Crippen molar-refractivity contribution in [3.63, 3.8) is 0 Å². The maximum atomic E-state index is 11.6. The van der Waals surface area contributed by atoms with Crippen LogP contribution in [0.3, 0.4) is 0 Å². The molecular formula is C12H22N2O3. The smallest absolute Gasteiger partial charge is 0.317 e. The molecule has 0 spiro atoms. The Bertz CT molecular complexity index is 281. The standard InChI is InChI=1S/C12H22N2O3/c1-3-7-14(2)12(17)13-8-9-5-4-6-10(9)11(15)16/h9-10H,3-8H2,1-2H3,(H,13,17)(H,15,16). The van der Waals surface area contributed by atoms with Gasteiger partial charge in [-0.3, -0.25) is 4.79 Å². The van der Waals surface area contributed by atoms with Gasteiger partial charge in [-0.25, -0.2) is 4.79 Å². The molecule has 17 heavy (non-hydrogen) atoms. The molecule has 1 fully saturated rings. The second kappa shape index (κ2) is 6.47. The monoisotopic (exact) mass is 242 g/mol. The summed E-state index contributed by atoms with van der Waals surface area (Å²) in [6.45, 7) is 3.21. The number of aliphatic carboxylic acids is 1. The number of urea groups is 1. The zero-order valence-corrected chi connectivity index (χ0v) is 10.6. The highest BCUT2D eigenvalue weighted by Crippen LogP contribution is 2.31. The minimum Gasteiger partial charge on any atom is -0.481 e. The van der Waals surface area contributed by atoms with Crippen LogP contribution in [0.25, 0.3) is 0 Å². The van der Waals surface area contributed by atoms with Gasteiger partial charge in [0.2, 0.25) is 0 Å². The molecule has 0 aromatic rings. The molecule has 5 heteroatoms. The number of carbonyl (C=O) groups excluding carboxylic acids is 1. The average molecular weight is 242 g/mol. The molecule has 1 rings (SSSR count). The maximum Gasteiger partial charge on any atom is 0.317 e. The van der Waals surface area contributed by atoms with Crippen LogP contribution < -0.4 is 5.32 Å². The fourth-order valence-corrected chi connectivity index (χ4v) is 2.40. The van der Waals surface area contributed by atoms with E-state index >= 15 is 0 Å². The summed E-state index contributed by atoms with van der Waals surface area (Å²) in [7, 11) is 1.75. The van der Waals surface area contributed by atoms with Gasteiger partial charge in [0.05, 0.1) is 5.92 Å². The third-order valence-electron chi connectivity index (χ3n) is 3.40. The lowest BCUT2D eigenvalue weighted by Gasteiger charge is -2.20. The van der Waals surface area contributed by atoms with E-state index in [1.165, 1.54) is 0 Å². The van der Waals surface area contributed by atoms with Gasteiger partial charge in [0, 0.05) is 20.1 Å². The van der Waals surface area contributed by atoms with Crippen molar-refractivity contribution in [2.45, 2.75) is 32.6 Å². The van der Waals surface area contributed by atoms with Gasteiger partial charge in [-0.1, -0.05) is 13.3 Å². The summed E-state index contributed by atoms with van der Waals surface area (Å²) < 4.78 is 0. The molecule has 0 aromatic carbocycles. The summed E-state index contributed by atoms with van der Waals surface area (Å²) in [5.41, 5.74) is 0. The van der Waals surface area contributed by atoms with Crippen LogP contribution in [0.2, 0.25) is 0 Å². The predicted molar refractivity (Wildman–Crippen MR) is 64.8 cm³/mol. The first-order chi connectivity index (χ1) is 8.06. The number of rotatable bonds is 5. The first kappa shape index (κ1) is 13.8. The van der Waals surface area contributed by atoms with Crippen molar-refractivity contribution in [1.29, 1.82) is 0 Å². The molecule has 1 aliphatic carbocycles. The molecule has 0 bridgehead atoms. The largest absolute Gasteiger partial charge is 0.481 e. The molecule has 98 valence electrons. The van der Waals surface area contributed by atoms with E-state index in [0.29, 0.717) is 6.54 Å². The Morgan fingerprint density at radius 3 is 2.71 bits per heavy atom. The van der Waals surface area contributed by atoms with Crippen molar-refractivity contribution in [2.24, 2.45) is 11.8 Å². The van der Waals surface area contributed by atoms with Crippen LogP contribution in [0.4, 0.5) is 4.79 Å². The zero-order valence-electron chi connectivity index (χ0n) is 10.6. The Morgan fingerprint density at radius 1 is 1.41 bits per heavy atom. The van der Waals surface area contributed by atoms with E-state index in [4.69, 9.17) is 5.11 Å². The minimum atomic E-state index is -0.733. The third kappa shape index (κ3) is 3.91. The summed E-state index contributed by atoms with van der Waals surface area (Å²) >= 11 is 0. The number of hydrogen-bond donors (Lipinski definition) is 2. The highest BCUT2D eigenvalue weighted by atomic mass is 16.4. The van der Waals surface area contributed by atoms with Crippen LogP contribution in [0, 0.1) is 11.8 Å². The van der Waals surface area contributed by atoms with Gasteiger partial charge in [-0.2, -0.15) is 0 Å². The van der Waals surface area contributed by atoms with Gasteiger partial charge < -0.3 is 15.3 Å². The fraction of sp³-hybridized carbons (Fsp3) is 0.833. The van der Waals surface area contributed by atoms with Crippen molar-refractivity contribution < 1.29 is 14.7 Å². The van der Waals surface area contributed by atoms with E-state index in [0.717, 1.165) is 32.2 Å². The Hall–Kier alpha value is -1.26. The van der Waals surface area contributed by atoms with Crippen molar-refractivity contribution in [3.8, 4) is 0 Å². The SMILES string of the molecule is CCCN(C)C(=O)NCC1CCCC1C(=O)O. The Kier molecular flexibility index (Phi) is 5.25. The summed E-state index contributed by atoms with van der Waals surface area (Å²) in [6, 6.07) is -0.108. The normalized spacial score (nSPS) is 23.4. The number of amides is 2. The lowest BCUT2D eigenvalue weighted by Crippen LogP contribution is -2.41. The van der Waals surface area contributed by atoms with Gasteiger partial charge in [-0.05, 0) is 25.2 Å². The van der Waals surface area contributed by atoms with E-state index in [1.54, 1.807) is 11.9 Å². The van der Waals surface area contributed by atoms with E-state index in [1.807, 2.05) is 6.92 Å². The van der Waals surface area contributed by atoms with Gasteiger partial charge in [-0.15, -0.1) is 0 Å². The first-order valence-electron chi connectivity index (χ1n) is 6.28. The van der Waals surface area contributed by atoms with Crippen LogP contribution in [-0.4, -0.2) is 42.1 Å². The Balaban J connectivity index is 2.34. The molecular weight excluding hydrogens is 220 g/mol. The molecule has 2 N–H and O–H groups in total. The van der Waals surface area contributed by atoms with Crippen LogP contribution >= 0.6 is 0 Å². The van der Waals surface area contributed by atoms with E-state index in [2.05, 4.69) is 5.32 Å². The van der Waals surface area contributed by atoms with Crippen molar-refractivity contribution in [1.82, 2.24) is 10.2 Å². The van der Waals surface area contributed by atoms with Gasteiger partial charge in [0.25, 0.3) is 0 Å². The van der Waals surface area contributed by atoms with Gasteiger partial charge in [0.1, 0.15) is 0 Å². The van der Waals surface area contributed by atoms with Crippen LogP contribution in [0.1, 0.15) is 32.6 Å². The number of hydrogen-bond acceptors (Lipinski definition) is 2. The molecule has 0 saturated heterocycles. The lowest BCUT2D eigenvalue weighted by molar-refractivity contribution is -0.142. The minimum absolute atomic E-state index is 0.0893. The third-order valence-corrected chi connectivity index (χ3v) is 3.40. The maximum absolute atomic E-state index is 11.6. The number of carbonyl (C=O) groups is 2. The number of nitrogens with zero attached hydrogens (tertiary/aromatic N) is 1. The molecule has 0 heterocycles. The van der Waals surface area contributed by atoms with Crippen molar-refractivity contribution >= 4 is 12.0 Å². The van der Waals surface area contributed by atoms with Crippen LogP contribution in [-0.2, 0) is 4.79 Å². The molecule has 2 amide bonds. The molecule has 2 atom stereocenters. The molecule has 0 radical (unpaired) electrons. The topological polar surface area (TPSA) is 69.6 Å². The van der Waals surface area contributed by atoms with E-state index in [9.17, 15) is 9.59 Å². The van der Waals surface area contributed by atoms with Crippen LogP contribution in [0.15, 0.2) is 0 Å². The predicted octanol–water partition coefficient (Wildman–Crippen LogP) is 1.54. The van der Waals surface area contributed by atoms with Gasteiger partial charge in [0.15, 0.2) is 0 Å². The molecule has 1 saturated carbocycles. The Morgan fingerprint density at radius 2 is 2.12 bits per heavy atom. The van der Waals surface area contributed by atoms with E-state index in [-0.39, 0.29) is 17.9 Å². The molecule has 0 aromatic heterocycles.